The van der Waals surface area contributed by atoms with Gasteiger partial charge in [0.15, 0.2) is 0 Å². The van der Waals surface area contributed by atoms with E-state index in [1.807, 2.05) is 13.0 Å². The van der Waals surface area contributed by atoms with E-state index in [-0.39, 0.29) is 10.6 Å². The molecule has 0 aliphatic carbocycles. The van der Waals surface area contributed by atoms with Crippen molar-refractivity contribution in [3.05, 3.63) is 33.9 Å². The average molecular weight is 279 g/mol. The van der Waals surface area contributed by atoms with Crippen LogP contribution in [0.5, 0.6) is 0 Å². The minimum absolute atomic E-state index is 0.144. The van der Waals surface area contributed by atoms with Crippen LogP contribution in [0, 0.1) is 10.1 Å². The van der Waals surface area contributed by atoms with Crippen molar-refractivity contribution in [3.63, 3.8) is 0 Å². The molecule has 6 heteroatoms. The normalized spacial score (nSPS) is 19.8. The standard InChI is InChI=1S/C14H21N3O3/c1-3-15-13-5-4-12(8-14(13)17(18)19)9-16-6-7-20-10-11(16)2/h4-5,8,11,15H,3,6-7,9-10H2,1-2H3. The quantitative estimate of drug-likeness (QED) is 0.661. The summed E-state index contributed by atoms with van der Waals surface area (Å²) in [6.45, 7) is 7.73. The molecule has 6 nitrogen and oxygen atoms in total. The van der Waals surface area contributed by atoms with Gasteiger partial charge in [-0.1, -0.05) is 6.07 Å². The Hall–Kier alpha value is -1.66. The molecule has 0 saturated carbocycles. The molecule has 1 aromatic rings. The Bertz CT molecular complexity index is 479. The SMILES string of the molecule is CCNc1ccc(CN2CCOCC2C)cc1[N+](=O)[O-]. The number of nitro groups is 1. The average Bonchev–Trinajstić information content (AvgIpc) is 2.43. The third kappa shape index (κ3) is 3.46. The van der Waals surface area contributed by atoms with E-state index in [0.717, 1.165) is 31.9 Å². The number of hydrogen-bond donors (Lipinski definition) is 1. The summed E-state index contributed by atoms with van der Waals surface area (Å²) in [4.78, 5) is 13.1. The zero-order valence-electron chi connectivity index (χ0n) is 12.0. The Kier molecular flexibility index (Phi) is 4.92. The number of nitrogens with zero attached hydrogens (tertiary/aromatic N) is 2. The van der Waals surface area contributed by atoms with Crippen LogP contribution in [0.3, 0.4) is 0 Å². The van der Waals surface area contributed by atoms with Gasteiger partial charge in [0, 0.05) is 31.7 Å². The van der Waals surface area contributed by atoms with Crippen LogP contribution in [0.1, 0.15) is 19.4 Å². The van der Waals surface area contributed by atoms with Gasteiger partial charge in [0.25, 0.3) is 5.69 Å². The predicted octanol–water partition coefficient (Wildman–Crippen LogP) is 2.25. The number of nitro benzene ring substituents is 1. The monoisotopic (exact) mass is 279 g/mol. The van der Waals surface area contributed by atoms with Gasteiger partial charge in [-0.3, -0.25) is 15.0 Å². The first-order chi connectivity index (χ1) is 9.61. The second-order valence-electron chi connectivity index (χ2n) is 5.03. The third-order valence-electron chi connectivity index (χ3n) is 3.52. The second kappa shape index (κ2) is 6.67. The van der Waals surface area contributed by atoms with E-state index in [2.05, 4.69) is 17.1 Å². The number of anilines is 1. The molecule has 1 aliphatic heterocycles. The molecular weight excluding hydrogens is 258 g/mol. The van der Waals surface area contributed by atoms with Gasteiger partial charge in [0.1, 0.15) is 5.69 Å². The number of morpholine rings is 1. The molecule has 2 rings (SSSR count). The van der Waals surface area contributed by atoms with Crippen LogP contribution in [-0.4, -0.2) is 42.2 Å². The summed E-state index contributed by atoms with van der Waals surface area (Å²) in [5.41, 5.74) is 1.69. The molecule has 1 aromatic carbocycles. The highest BCUT2D eigenvalue weighted by Crippen LogP contribution is 2.26. The number of benzene rings is 1. The summed E-state index contributed by atoms with van der Waals surface area (Å²) in [6.07, 6.45) is 0. The summed E-state index contributed by atoms with van der Waals surface area (Å²) < 4.78 is 5.40. The van der Waals surface area contributed by atoms with Crippen LogP contribution in [0.25, 0.3) is 0 Å². The zero-order chi connectivity index (χ0) is 14.5. The van der Waals surface area contributed by atoms with Crippen LogP contribution in [0.2, 0.25) is 0 Å². The fraction of sp³-hybridized carbons (Fsp3) is 0.571. The van der Waals surface area contributed by atoms with Crippen LogP contribution in [-0.2, 0) is 11.3 Å². The molecule has 1 unspecified atom stereocenters. The van der Waals surface area contributed by atoms with Gasteiger partial charge in [-0.2, -0.15) is 0 Å². The van der Waals surface area contributed by atoms with Crippen molar-refractivity contribution in [3.8, 4) is 0 Å². The fourth-order valence-electron chi connectivity index (χ4n) is 2.40. The molecule has 1 heterocycles. The van der Waals surface area contributed by atoms with E-state index in [0.29, 0.717) is 18.3 Å². The third-order valence-corrected chi connectivity index (χ3v) is 3.52. The van der Waals surface area contributed by atoms with E-state index in [4.69, 9.17) is 4.74 Å². The summed E-state index contributed by atoms with van der Waals surface area (Å²) in [6, 6.07) is 5.76. The van der Waals surface area contributed by atoms with Crippen LogP contribution < -0.4 is 5.32 Å². The summed E-state index contributed by atoms with van der Waals surface area (Å²) in [7, 11) is 0. The summed E-state index contributed by atoms with van der Waals surface area (Å²) in [5.74, 6) is 0. The van der Waals surface area contributed by atoms with Crippen LogP contribution in [0.4, 0.5) is 11.4 Å². The van der Waals surface area contributed by atoms with Crippen molar-refractivity contribution >= 4 is 11.4 Å². The van der Waals surface area contributed by atoms with Gasteiger partial charge < -0.3 is 10.1 Å². The Morgan fingerprint density at radius 2 is 2.35 bits per heavy atom. The second-order valence-corrected chi connectivity index (χ2v) is 5.03. The molecule has 0 spiro atoms. The Balaban J connectivity index is 2.15. The first kappa shape index (κ1) is 14.7. The number of ether oxygens (including phenoxy) is 1. The Morgan fingerprint density at radius 3 is 3.00 bits per heavy atom. The molecule has 1 atom stereocenters. The lowest BCUT2D eigenvalue weighted by atomic mass is 10.1. The molecule has 1 saturated heterocycles. The lowest BCUT2D eigenvalue weighted by Crippen LogP contribution is -2.42. The molecule has 0 aromatic heterocycles. The van der Waals surface area contributed by atoms with Crippen molar-refractivity contribution < 1.29 is 9.66 Å². The number of hydrogen-bond acceptors (Lipinski definition) is 5. The molecule has 110 valence electrons. The van der Waals surface area contributed by atoms with Crippen molar-refractivity contribution in [2.75, 3.05) is 31.6 Å². The lowest BCUT2D eigenvalue weighted by molar-refractivity contribution is -0.384. The van der Waals surface area contributed by atoms with Crippen molar-refractivity contribution in [1.29, 1.82) is 0 Å². The number of nitrogens with one attached hydrogen (secondary N) is 1. The summed E-state index contributed by atoms with van der Waals surface area (Å²) in [5, 5.41) is 14.2. The van der Waals surface area contributed by atoms with Gasteiger partial charge in [-0.05, 0) is 25.5 Å². The van der Waals surface area contributed by atoms with Gasteiger partial charge in [-0.15, -0.1) is 0 Å². The molecule has 1 N–H and O–H groups in total. The van der Waals surface area contributed by atoms with Gasteiger partial charge >= 0.3 is 0 Å². The maximum absolute atomic E-state index is 11.1. The fourth-order valence-corrected chi connectivity index (χ4v) is 2.40. The minimum Gasteiger partial charge on any atom is -0.380 e. The van der Waals surface area contributed by atoms with Crippen molar-refractivity contribution in [1.82, 2.24) is 4.90 Å². The van der Waals surface area contributed by atoms with Gasteiger partial charge in [0.2, 0.25) is 0 Å². The smallest absolute Gasteiger partial charge is 0.292 e. The first-order valence-electron chi connectivity index (χ1n) is 6.94. The molecule has 20 heavy (non-hydrogen) atoms. The summed E-state index contributed by atoms with van der Waals surface area (Å²) >= 11 is 0. The Labute approximate surface area is 118 Å². The predicted molar refractivity (Wildman–Crippen MR) is 78.0 cm³/mol. The lowest BCUT2D eigenvalue weighted by Gasteiger charge is -2.33. The van der Waals surface area contributed by atoms with Crippen molar-refractivity contribution in [2.45, 2.75) is 26.4 Å². The van der Waals surface area contributed by atoms with E-state index in [1.165, 1.54) is 0 Å². The van der Waals surface area contributed by atoms with Crippen LogP contribution in [0.15, 0.2) is 18.2 Å². The van der Waals surface area contributed by atoms with Gasteiger partial charge in [0.05, 0.1) is 18.1 Å². The zero-order valence-corrected chi connectivity index (χ0v) is 12.0. The Morgan fingerprint density at radius 1 is 1.55 bits per heavy atom. The molecule has 1 aliphatic rings. The molecule has 0 radical (unpaired) electrons. The largest absolute Gasteiger partial charge is 0.380 e. The van der Waals surface area contributed by atoms with Gasteiger partial charge in [-0.25, -0.2) is 0 Å². The van der Waals surface area contributed by atoms with Crippen LogP contribution >= 0.6 is 0 Å². The minimum atomic E-state index is -0.329. The molecule has 0 amide bonds. The first-order valence-corrected chi connectivity index (χ1v) is 6.94. The van der Waals surface area contributed by atoms with E-state index in [1.54, 1.807) is 12.1 Å². The van der Waals surface area contributed by atoms with Crippen molar-refractivity contribution in [2.24, 2.45) is 0 Å². The van der Waals surface area contributed by atoms with E-state index < -0.39 is 0 Å². The maximum atomic E-state index is 11.1. The number of rotatable bonds is 5. The van der Waals surface area contributed by atoms with E-state index in [9.17, 15) is 10.1 Å². The highest BCUT2D eigenvalue weighted by Gasteiger charge is 2.20. The highest BCUT2D eigenvalue weighted by atomic mass is 16.6. The maximum Gasteiger partial charge on any atom is 0.292 e. The molecule has 1 fully saturated rings. The topological polar surface area (TPSA) is 67.6 Å². The molecule has 0 bridgehead atoms. The van der Waals surface area contributed by atoms with E-state index >= 15 is 0 Å². The highest BCUT2D eigenvalue weighted by molar-refractivity contribution is 5.62. The molecular formula is C14H21N3O3.